The normalized spacial score (nSPS) is 11.1. The summed E-state index contributed by atoms with van der Waals surface area (Å²) in [5.41, 5.74) is 1.50. The Morgan fingerprint density at radius 1 is 0.947 bits per heavy atom. The molecule has 19 heavy (non-hydrogen) atoms. The van der Waals surface area contributed by atoms with Crippen molar-refractivity contribution in [3.63, 3.8) is 0 Å². The van der Waals surface area contributed by atoms with Crippen LogP contribution in [0.2, 0.25) is 0 Å². The fraction of sp³-hybridized carbons (Fsp3) is 0.0714. The fourth-order valence-corrected chi connectivity index (χ4v) is 1.96. The van der Waals surface area contributed by atoms with Crippen molar-refractivity contribution in [2.75, 3.05) is 0 Å². The van der Waals surface area contributed by atoms with Gasteiger partial charge in [0.25, 0.3) is 0 Å². The molecular formula is C14H9F3N2. The maximum absolute atomic E-state index is 13.5. The molecule has 1 N–H and O–H groups in total. The van der Waals surface area contributed by atoms with E-state index in [0.717, 1.165) is 6.07 Å². The number of nitrogens with one attached hydrogen (secondary N) is 1. The van der Waals surface area contributed by atoms with E-state index in [9.17, 15) is 13.2 Å². The highest BCUT2D eigenvalue weighted by Crippen LogP contribution is 2.17. The van der Waals surface area contributed by atoms with Gasteiger partial charge in [0.15, 0.2) is 0 Å². The quantitative estimate of drug-likeness (QED) is 0.751. The average molecular weight is 262 g/mol. The molecule has 5 heteroatoms. The third-order valence-electron chi connectivity index (χ3n) is 2.87. The molecule has 0 saturated carbocycles. The van der Waals surface area contributed by atoms with Crippen LogP contribution in [0, 0.1) is 17.5 Å². The lowest BCUT2D eigenvalue weighted by Gasteiger charge is -2.00. The molecule has 2 nitrogen and oxygen atoms in total. The molecule has 0 aliphatic heterocycles. The number of nitrogens with zero attached hydrogens (tertiary/aromatic N) is 1. The number of fused-ring (bicyclic) bond motifs is 1. The first-order valence-electron chi connectivity index (χ1n) is 5.70. The number of hydrogen-bond acceptors (Lipinski definition) is 1. The molecule has 1 heterocycles. The van der Waals surface area contributed by atoms with Crippen molar-refractivity contribution in [1.29, 1.82) is 0 Å². The minimum Gasteiger partial charge on any atom is -0.342 e. The fourth-order valence-electron chi connectivity index (χ4n) is 1.96. The van der Waals surface area contributed by atoms with E-state index in [0.29, 0.717) is 22.4 Å². The Kier molecular flexibility index (Phi) is 2.74. The molecule has 0 spiro atoms. The van der Waals surface area contributed by atoms with E-state index >= 15 is 0 Å². The molecule has 0 atom stereocenters. The first-order chi connectivity index (χ1) is 9.11. The van der Waals surface area contributed by atoms with Gasteiger partial charge >= 0.3 is 0 Å². The number of rotatable bonds is 2. The molecule has 3 aromatic rings. The van der Waals surface area contributed by atoms with Crippen molar-refractivity contribution < 1.29 is 13.2 Å². The van der Waals surface area contributed by atoms with Crippen molar-refractivity contribution in [1.82, 2.24) is 9.97 Å². The van der Waals surface area contributed by atoms with Gasteiger partial charge in [0.05, 0.1) is 11.0 Å². The summed E-state index contributed by atoms with van der Waals surface area (Å²) in [7, 11) is 0. The highest BCUT2D eigenvalue weighted by molar-refractivity contribution is 5.75. The number of hydrogen-bond donors (Lipinski definition) is 1. The van der Waals surface area contributed by atoms with Crippen molar-refractivity contribution in [2.24, 2.45) is 0 Å². The number of aromatic amines is 1. The topological polar surface area (TPSA) is 28.7 Å². The zero-order chi connectivity index (χ0) is 13.4. The molecule has 3 rings (SSSR count). The van der Waals surface area contributed by atoms with Gasteiger partial charge in [-0.1, -0.05) is 6.07 Å². The molecule has 2 aromatic carbocycles. The van der Waals surface area contributed by atoms with Gasteiger partial charge in [-0.05, 0) is 29.8 Å². The summed E-state index contributed by atoms with van der Waals surface area (Å²) in [5.74, 6) is -1.10. The van der Waals surface area contributed by atoms with Crippen LogP contribution in [0.3, 0.4) is 0 Å². The first kappa shape index (κ1) is 11.8. The van der Waals surface area contributed by atoms with E-state index in [1.807, 2.05) is 0 Å². The van der Waals surface area contributed by atoms with Crippen molar-refractivity contribution in [3.8, 4) is 0 Å². The summed E-state index contributed by atoms with van der Waals surface area (Å²) in [5, 5.41) is 0. The molecule has 0 fully saturated rings. The first-order valence-corrected chi connectivity index (χ1v) is 5.70. The van der Waals surface area contributed by atoms with Gasteiger partial charge in [0.2, 0.25) is 0 Å². The number of imidazole rings is 1. The van der Waals surface area contributed by atoms with Crippen LogP contribution >= 0.6 is 0 Å². The van der Waals surface area contributed by atoms with E-state index in [4.69, 9.17) is 0 Å². The Morgan fingerprint density at radius 2 is 1.68 bits per heavy atom. The van der Waals surface area contributed by atoms with Gasteiger partial charge in [-0.15, -0.1) is 0 Å². The van der Waals surface area contributed by atoms with Gasteiger partial charge in [0.1, 0.15) is 23.3 Å². The van der Waals surface area contributed by atoms with Gasteiger partial charge in [-0.3, -0.25) is 0 Å². The van der Waals surface area contributed by atoms with Crippen molar-refractivity contribution in [2.45, 2.75) is 6.42 Å². The molecule has 0 radical (unpaired) electrons. The van der Waals surface area contributed by atoms with E-state index in [1.165, 1.54) is 24.3 Å². The van der Waals surface area contributed by atoms with Gasteiger partial charge < -0.3 is 4.98 Å². The summed E-state index contributed by atoms with van der Waals surface area (Å²) in [6, 6.07) is 7.58. The van der Waals surface area contributed by atoms with E-state index < -0.39 is 11.6 Å². The average Bonchev–Trinajstić information content (AvgIpc) is 2.74. The van der Waals surface area contributed by atoms with Crippen LogP contribution in [-0.4, -0.2) is 9.97 Å². The van der Waals surface area contributed by atoms with Crippen LogP contribution in [0.1, 0.15) is 11.4 Å². The zero-order valence-corrected chi connectivity index (χ0v) is 9.75. The van der Waals surface area contributed by atoms with Crippen LogP contribution in [0.4, 0.5) is 13.2 Å². The Labute approximate surface area is 106 Å². The number of halogens is 3. The Hall–Kier alpha value is -2.30. The third kappa shape index (κ3) is 2.31. The Balaban J connectivity index is 1.96. The second-order valence-electron chi connectivity index (χ2n) is 4.26. The summed E-state index contributed by atoms with van der Waals surface area (Å²) < 4.78 is 39.3. The van der Waals surface area contributed by atoms with E-state index in [1.54, 1.807) is 6.07 Å². The molecule has 0 aliphatic carbocycles. The second-order valence-corrected chi connectivity index (χ2v) is 4.26. The maximum Gasteiger partial charge on any atom is 0.129 e. The molecule has 1 aromatic heterocycles. The van der Waals surface area contributed by atoms with E-state index in [2.05, 4.69) is 9.97 Å². The minimum absolute atomic E-state index is 0.197. The second kappa shape index (κ2) is 4.42. The van der Waals surface area contributed by atoms with Crippen LogP contribution < -0.4 is 0 Å². The highest BCUT2D eigenvalue weighted by Gasteiger charge is 2.08. The lowest BCUT2D eigenvalue weighted by molar-refractivity contribution is 0.574. The molecule has 96 valence electrons. The summed E-state index contributed by atoms with van der Waals surface area (Å²) in [6.45, 7) is 0. The van der Waals surface area contributed by atoms with Crippen molar-refractivity contribution in [3.05, 3.63) is 65.2 Å². The number of benzene rings is 2. The van der Waals surface area contributed by atoms with Gasteiger partial charge in [-0.25, -0.2) is 18.2 Å². The van der Waals surface area contributed by atoms with Gasteiger partial charge in [0, 0.05) is 12.5 Å². The van der Waals surface area contributed by atoms with Crippen LogP contribution in [0.5, 0.6) is 0 Å². The smallest absolute Gasteiger partial charge is 0.129 e. The minimum atomic E-state index is -0.619. The van der Waals surface area contributed by atoms with E-state index in [-0.39, 0.29) is 12.2 Å². The largest absolute Gasteiger partial charge is 0.342 e. The summed E-state index contributed by atoms with van der Waals surface area (Å²) in [6.07, 6.45) is 0.197. The number of aromatic nitrogens is 2. The SMILES string of the molecule is Fc1ccc(Cc2nc3ccc(F)cc3[nH]2)c(F)c1. The summed E-state index contributed by atoms with van der Waals surface area (Å²) >= 11 is 0. The molecule has 0 amide bonds. The highest BCUT2D eigenvalue weighted by atomic mass is 19.1. The van der Waals surface area contributed by atoms with Crippen LogP contribution in [0.15, 0.2) is 36.4 Å². The van der Waals surface area contributed by atoms with Crippen molar-refractivity contribution >= 4 is 11.0 Å². The predicted molar refractivity (Wildman–Crippen MR) is 65.2 cm³/mol. The summed E-state index contributed by atoms with van der Waals surface area (Å²) in [4.78, 5) is 7.15. The Morgan fingerprint density at radius 3 is 2.47 bits per heavy atom. The van der Waals surface area contributed by atoms with Crippen LogP contribution in [0.25, 0.3) is 11.0 Å². The number of H-pyrrole nitrogens is 1. The standard InChI is InChI=1S/C14H9F3N2/c15-9-2-1-8(11(17)6-9)5-14-18-12-4-3-10(16)7-13(12)19-14/h1-4,6-7H,5H2,(H,18,19). The molecule has 0 aliphatic rings. The lowest BCUT2D eigenvalue weighted by Crippen LogP contribution is -1.95. The zero-order valence-electron chi connectivity index (χ0n) is 9.75. The molecule has 0 unspecified atom stereocenters. The molecule has 0 bridgehead atoms. The molecular weight excluding hydrogens is 253 g/mol. The third-order valence-corrected chi connectivity index (χ3v) is 2.87. The predicted octanol–water partition coefficient (Wildman–Crippen LogP) is 3.57. The monoisotopic (exact) mass is 262 g/mol. The Bertz CT molecular complexity index is 750. The van der Waals surface area contributed by atoms with Crippen LogP contribution in [-0.2, 0) is 6.42 Å². The molecule has 0 saturated heterocycles. The lowest BCUT2D eigenvalue weighted by atomic mass is 10.1. The maximum atomic E-state index is 13.5. The van der Waals surface area contributed by atoms with Gasteiger partial charge in [-0.2, -0.15) is 0 Å².